The van der Waals surface area contributed by atoms with Crippen LogP contribution in [0.3, 0.4) is 0 Å². The first-order valence-corrected chi connectivity index (χ1v) is 9.87. The molecular formula is C18H19N3O2S2. The van der Waals surface area contributed by atoms with Crippen molar-refractivity contribution in [1.82, 2.24) is 9.55 Å². The van der Waals surface area contributed by atoms with Gasteiger partial charge in [-0.05, 0) is 29.5 Å². The number of nitrogens with one attached hydrogen (secondary N) is 1. The highest BCUT2D eigenvalue weighted by Gasteiger charge is 2.15. The van der Waals surface area contributed by atoms with E-state index >= 15 is 0 Å². The van der Waals surface area contributed by atoms with Crippen molar-refractivity contribution in [2.45, 2.75) is 25.5 Å². The fourth-order valence-electron chi connectivity index (χ4n) is 2.41. The Bertz CT molecular complexity index is 932. The predicted molar refractivity (Wildman–Crippen MR) is 105 cm³/mol. The van der Waals surface area contributed by atoms with Gasteiger partial charge in [0.25, 0.3) is 5.56 Å². The average molecular weight is 374 g/mol. The molecule has 2 aromatic heterocycles. The number of thiophene rings is 1. The maximum absolute atomic E-state index is 12.7. The Balaban J connectivity index is 1.80. The fourth-order valence-corrected chi connectivity index (χ4v) is 4.00. The Morgan fingerprint density at radius 1 is 1.28 bits per heavy atom. The monoisotopic (exact) mass is 373 g/mol. The number of carbonyl (C=O) groups excluding carboxylic acids is 1. The second-order valence-electron chi connectivity index (χ2n) is 6.04. The molecule has 3 aromatic rings. The summed E-state index contributed by atoms with van der Waals surface area (Å²) < 4.78 is 2.35. The zero-order valence-corrected chi connectivity index (χ0v) is 15.7. The van der Waals surface area contributed by atoms with Crippen LogP contribution in [0.5, 0.6) is 0 Å². The van der Waals surface area contributed by atoms with Crippen LogP contribution in [0.2, 0.25) is 0 Å². The molecule has 25 heavy (non-hydrogen) atoms. The van der Waals surface area contributed by atoms with Crippen LogP contribution in [-0.4, -0.2) is 21.2 Å². The molecule has 0 spiro atoms. The zero-order chi connectivity index (χ0) is 17.8. The van der Waals surface area contributed by atoms with Crippen LogP contribution in [0.4, 0.5) is 5.69 Å². The van der Waals surface area contributed by atoms with Gasteiger partial charge in [-0.1, -0.05) is 43.8 Å². The van der Waals surface area contributed by atoms with E-state index in [2.05, 4.69) is 24.1 Å². The minimum absolute atomic E-state index is 0.0281. The summed E-state index contributed by atoms with van der Waals surface area (Å²) in [6.45, 7) is 4.70. The van der Waals surface area contributed by atoms with Crippen LogP contribution in [0.25, 0.3) is 10.2 Å². The normalized spacial score (nSPS) is 11.2. The molecule has 1 amide bonds. The number of carbonyl (C=O) groups is 1. The molecule has 0 atom stereocenters. The van der Waals surface area contributed by atoms with Gasteiger partial charge in [-0.15, -0.1) is 11.3 Å². The van der Waals surface area contributed by atoms with Gasteiger partial charge in [0.15, 0.2) is 5.16 Å². The van der Waals surface area contributed by atoms with E-state index in [1.54, 1.807) is 4.57 Å². The lowest BCUT2D eigenvalue weighted by molar-refractivity contribution is -0.113. The van der Waals surface area contributed by atoms with Crippen LogP contribution in [-0.2, 0) is 11.3 Å². The van der Waals surface area contributed by atoms with Gasteiger partial charge in [0.2, 0.25) is 5.91 Å². The molecule has 0 fully saturated rings. The standard InChI is InChI=1S/C18H19N3O2S2/c1-12(2)10-21-17(23)16-14(8-9-24-16)20-18(21)25-11-15(22)19-13-6-4-3-5-7-13/h3-9,12H,10-11H2,1-2H3,(H,19,22). The number of hydrogen-bond donors (Lipinski definition) is 1. The van der Waals surface area contributed by atoms with Crippen molar-refractivity contribution in [1.29, 1.82) is 0 Å². The average Bonchev–Trinajstić information content (AvgIpc) is 3.05. The summed E-state index contributed by atoms with van der Waals surface area (Å²) in [5.74, 6) is 0.399. The van der Waals surface area contributed by atoms with Gasteiger partial charge >= 0.3 is 0 Å². The van der Waals surface area contributed by atoms with Gasteiger partial charge in [0.1, 0.15) is 4.70 Å². The Morgan fingerprint density at radius 2 is 2.04 bits per heavy atom. The summed E-state index contributed by atoms with van der Waals surface area (Å²) >= 11 is 2.70. The molecule has 5 nitrogen and oxygen atoms in total. The first-order valence-electron chi connectivity index (χ1n) is 8.00. The van der Waals surface area contributed by atoms with Crippen molar-refractivity contribution in [3.63, 3.8) is 0 Å². The van der Waals surface area contributed by atoms with Crippen LogP contribution < -0.4 is 10.9 Å². The summed E-state index contributed by atoms with van der Waals surface area (Å²) in [5, 5.41) is 5.31. The second-order valence-corrected chi connectivity index (χ2v) is 7.90. The highest BCUT2D eigenvalue weighted by Crippen LogP contribution is 2.22. The van der Waals surface area contributed by atoms with E-state index in [0.29, 0.717) is 27.8 Å². The summed E-state index contributed by atoms with van der Waals surface area (Å²) in [5.41, 5.74) is 1.43. The van der Waals surface area contributed by atoms with E-state index in [1.807, 2.05) is 41.8 Å². The molecule has 130 valence electrons. The van der Waals surface area contributed by atoms with Crippen molar-refractivity contribution in [2.75, 3.05) is 11.1 Å². The molecule has 7 heteroatoms. The van der Waals surface area contributed by atoms with E-state index in [0.717, 1.165) is 5.69 Å². The maximum Gasteiger partial charge on any atom is 0.272 e. The third kappa shape index (κ3) is 4.29. The minimum atomic E-state index is -0.119. The lowest BCUT2D eigenvalue weighted by Crippen LogP contribution is -2.25. The highest BCUT2D eigenvalue weighted by molar-refractivity contribution is 7.99. The van der Waals surface area contributed by atoms with E-state index < -0.39 is 0 Å². The first kappa shape index (κ1) is 17.7. The zero-order valence-electron chi connectivity index (χ0n) is 14.1. The van der Waals surface area contributed by atoms with Crippen LogP contribution in [0.1, 0.15) is 13.8 Å². The third-order valence-electron chi connectivity index (χ3n) is 3.47. The van der Waals surface area contributed by atoms with E-state index in [9.17, 15) is 9.59 Å². The van der Waals surface area contributed by atoms with Crippen molar-refractivity contribution < 1.29 is 4.79 Å². The molecule has 0 radical (unpaired) electrons. The molecule has 3 rings (SSSR count). The molecule has 0 saturated heterocycles. The van der Waals surface area contributed by atoms with Crippen molar-refractivity contribution >= 4 is 44.9 Å². The number of aromatic nitrogens is 2. The number of thioether (sulfide) groups is 1. The molecule has 2 heterocycles. The van der Waals surface area contributed by atoms with E-state index in [4.69, 9.17) is 0 Å². The number of benzene rings is 1. The first-order chi connectivity index (χ1) is 12.0. The van der Waals surface area contributed by atoms with E-state index in [1.165, 1.54) is 23.1 Å². The van der Waals surface area contributed by atoms with Gasteiger partial charge in [0.05, 0.1) is 11.3 Å². The number of hydrogen-bond acceptors (Lipinski definition) is 5. The minimum Gasteiger partial charge on any atom is -0.325 e. The van der Waals surface area contributed by atoms with Crippen molar-refractivity contribution in [3.8, 4) is 0 Å². The molecule has 1 aromatic carbocycles. The molecule has 0 unspecified atom stereocenters. The smallest absolute Gasteiger partial charge is 0.272 e. The van der Waals surface area contributed by atoms with Gasteiger partial charge in [0, 0.05) is 12.2 Å². The lowest BCUT2D eigenvalue weighted by Gasteiger charge is -2.13. The summed E-state index contributed by atoms with van der Waals surface area (Å²) in [6, 6.07) is 11.2. The second kappa shape index (κ2) is 7.84. The third-order valence-corrected chi connectivity index (χ3v) is 5.34. The molecule has 1 N–H and O–H groups in total. The Kier molecular flexibility index (Phi) is 5.55. The van der Waals surface area contributed by atoms with Gasteiger partial charge in [-0.2, -0.15) is 0 Å². The summed E-state index contributed by atoms with van der Waals surface area (Å²) in [4.78, 5) is 29.5. The Labute approximate surface area is 154 Å². The number of nitrogens with zero attached hydrogens (tertiary/aromatic N) is 2. The number of anilines is 1. The molecule has 0 aliphatic heterocycles. The predicted octanol–water partition coefficient (Wildman–Crippen LogP) is 3.84. The number of amides is 1. The lowest BCUT2D eigenvalue weighted by atomic mass is 10.2. The fraction of sp³-hybridized carbons (Fsp3) is 0.278. The summed E-state index contributed by atoms with van der Waals surface area (Å²) in [6.07, 6.45) is 0. The molecule has 0 saturated carbocycles. The maximum atomic E-state index is 12.7. The van der Waals surface area contributed by atoms with Crippen molar-refractivity contribution in [3.05, 3.63) is 52.1 Å². The SMILES string of the molecule is CC(C)Cn1c(SCC(=O)Nc2ccccc2)nc2ccsc2c1=O. The molecule has 0 aliphatic carbocycles. The van der Waals surface area contributed by atoms with Crippen molar-refractivity contribution in [2.24, 2.45) is 5.92 Å². The summed E-state index contributed by atoms with van der Waals surface area (Å²) in [7, 11) is 0. The Morgan fingerprint density at radius 3 is 2.76 bits per heavy atom. The quantitative estimate of drug-likeness (QED) is 0.527. The van der Waals surface area contributed by atoms with E-state index in [-0.39, 0.29) is 17.2 Å². The van der Waals surface area contributed by atoms with Crippen LogP contribution >= 0.6 is 23.1 Å². The topological polar surface area (TPSA) is 64.0 Å². The molecule has 0 aliphatic rings. The largest absolute Gasteiger partial charge is 0.325 e. The molecular weight excluding hydrogens is 354 g/mol. The van der Waals surface area contributed by atoms with Gasteiger partial charge in [-0.3, -0.25) is 14.2 Å². The van der Waals surface area contributed by atoms with Gasteiger partial charge < -0.3 is 5.32 Å². The highest BCUT2D eigenvalue weighted by atomic mass is 32.2. The number of fused-ring (bicyclic) bond motifs is 1. The number of rotatable bonds is 6. The number of para-hydroxylation sites is 1. The van der Waals surface area contributed by atoms with Crippen LogP contribution in [0.15, 0.2) is 51.7 Å². The van der Waals surface area contributed by atoms with Crippen LogP contribution in [0, 0.1) is 5.92 Å². The van der Waals surface area contributed by atoms with Gasteiger partial charge in [-0.25, -0.2) is 4.98 Å². The molecule has 0 bridgehead atoms. The Hall–Kier alpha value is -2.12.